The summed E-state index contributed by atoms with van der Waals surface area (Å²) in [5.74, 6) is 0.821. The summed E-state index contributed by atoms with van der Waals surface area (Å²) in [6.45, 7) is 3.52. The summed E-state index contributed by atoms with van der Waals surface area (Å²) in [5.41, 5.74) is 1.66. The highest BCUT2D eigenvalue weighted by molar-refractivity contribution is 7.11. The highest BCUT2D eigenvalue weighted by atomic mass is 32.1. The number of likely N-dealkylation sites (tertiary alicyclic amines) is 1. The number of nitrogens with zero attached hydrogens (tertiary/aromatic N) is 3. The lowest BCUT2D eigenvalue weighted by molar-refractivity contribution is -0.137. The number of aromatic nitrogens is 1. The van der Waals surface area contributed by atoms with Gasteiger partial charge < -0.3 is 19.3 Å². The molecule has 1 aromatic carbocycles. The van der Waals surface area contributed by atoms with Crippen LogP contribution >= 0.6 is 11.3 Å². The summed E-state index contributed by atoms with van der Waals surface area (Å²) < 4.78 is 11.6. The van der Waals surface area contributed by atoms with E-state index in [2.05, 4.69) is 4.98 Å². The first-order valence-electron chi connectivity index (χ1n) is 9.95. The van der Waals surface area contributed by atoms with Gasteiger partial charge >= 0.3 is 0 Å². The van der Waals surface area contributed by atoms with Crippen LogP contribution in [0.1, 0.15) is 22.5 Å². The average Bonchev–Trinajstić information content (AvgIpc) is 3.31. The third-order valence-corrected chi connectivity index (χ3v) is 6.19. The van der Waals surface area contributed by atoms with Crippen LogP contribution in [0, 0.1) is 5.92 Å². The van der Waals surface area contributed by atoms with Gasteiger partial charge in [0.25, 0.3) is 5.91 Å². The third-order valence-electron chi connectivity index (χ3n) is 5.43. The summed E-state index contributed by atoms with van der Waals surface area (Å²) in [4.78, 5) is 34.0. The molecule has 2 fully saturated rings. The Kier molecular flexibility index (Phi) is 6.41. The Bertz CT molecular complexity index is 809. The van der Waals surface area contributed by atoms with E-state index in [9.17, 15) is 9.59 Å². The van der Waals surface area contributed by atoms with Crippen molar-refractivity contribution in [2.75, 3.05) is 39.4 Å². The molecular formula is C21H25N3O4S. The molecule has 2 saturated heterocycles. The fourth-order valence-corrected chi connectivity index (χ4v) is 4.45. The Morgan fingerprint density at radius 3 is 2.66 bits per heavy atom. The van der Waals surface area contributed by atoms with Crippen molar-refractivity contribution < 1.29 is 19.1 Å². The minimum Gasteiger partial charge on any atom is -0.490 e. The van der Waals surface area contributed by atoms with Gasteiger partial charge in [-0.3, -0.25) is 14.6 Å². The highest BCUT2D eigenvalue weighted by Gasteiger charge is 2.36. The lowest BCUT2D eigenvalue weighted by Crippen LogP contribution is -2.50. The molecule has 0 N–H and O–H groups in total. The second-order valence-electron chi connectivity index (χ2n) is 7.33. The van der Waals surface area contributed by atoms with E-state index in [-0.39, 0.29) is 23.8 Å². The van der Waals surface area contributed by atoms with Crippen LogP contribution in [0.15, 0.2) is 42.0 Å². The van der Waals surface area contributed by atoms with Gasteiger partial charge in [0.15, 0.2) is 0 Å². The van der Waals surface area contributed by atoms with E-state index < -0.39 is 0 Å². The van der Waals surface area contributed by atoms with E-state index in [1.54, 1.807) is 11.7 Å². The smallest absolute Gasteiger partial charge is 0.265 e. The standard InChI is InChI=1S/C21H25N3O4S/c25-20(23-8-10-27-11-9-23)12-16-14-24(21(26)19-13-22-15-29-19)7-6-18(16)28-17-4-2-1-3-5-17/h1-5,13,15-16,18H,6-12,14H2/t16-,18-/m0/s1. The maximum Gasteiger partial charge on any atom is 0.265 e. The molecule has 29 heavy (non-hydrogen) atoms. The molecule has 2 aliphatic rings. The Balaban J connectivity index is 1.46. The summed E-state index contributed by atoms with van der Waals surface area (Å²) in [5, 5.41) is 0. The molecule has 0 aliphatic carbocycles. The molecule has 2 amide bonds. The number of hydrogen-bond acceptors (Lipinski definition) is 6. The first-order chi connectivity index (χ1) is 14.2. The van der Waals surface area contributed by atoms with Crippen LogP contribution in [0.5, 0.6) is 5.75 Å². The predicted octanol–water partition coefficient (Wildman–Crippen LogP) is 2.30. The number of carbonyl (C=O) groups excluding carboxylic acids is 2. The highest BCUT2D eigenvalue weighted by Crippen LogP contribution is 2.27. The number of hydrogen-bond donors (Lipinski definition) is 0. The first-order valence-corrected chi connectivity index (χ1v) is 10.8. The molecule has 0 saturated carbocycles. The molecule has 8 heteroatoms. The maximum atomic E-state index is 12.9. The molecule has 4 rings (SSSR count). The molecule has 1 aromatic heterocycles. The second-order valence-corrected chi connectivity index (χ2v) is 8.22. The summed E-state index contributed by atoms with van der Waals surface area (Å²) in [7, 11) is 0. The Hall–Kier alpha value is -2.45. The van der Waals surface area contributed by atoms with E-state index in [0.29, 0.717) is 57.1 Å². The largest absolute Gasteiger partial charge is 0.490 e. The topological polar surface area (TPSA) is 72.0 Å². The van der Waals surface area contributed by atoms with Crippen LogP contribution in [0.2, 0.25) is 0 Å². The van der Waals surface area contributed by atoms with E-state index in [1.165, 1.54) is 11.3 Å². The van der Waals surface area contributed by atoms with Gasteiger partial charge in [-0.15, -0.1) is 11.3 Å². The number of amides is 2. The van der Waals surface area contributed by atoms with Crippen molar-refractivity contribution in [2.45, 2.75) is 18.9 Å². The van der Waals surface area contributed by atoms with Gasteiger partial charge in [0.05, 0.1) is 24.9 Å². The Morgan fingerprint density at radius 1 is 1.14 bits per heavy atom. The molecular weight excluding hydrogens is 390 g/mol. The van der Waals surface area contributed by atoms with Crippen LogP contribution in [-0.2, 0) is 9.53 Å². The number of benzene rings is 1. The number of carbonyl (C=O) groups is 2. The van der Waals surface area contributed by atoms with Crippen molar-refractivity contribution >= 4 is 23.2 Å². The Labute approximate surface area is 174 Å². The zero-order chi connectivity index (χ0) is 20.1. The van der Waals surface area contributed by atoms with E-state index >= 15 is 0 Å². The number of para-hydroxylation sites is 1. The molecule has 2 atom stereocenters. The van der Waals surface area contributed by atoms with E-state index in [0.717, 1.165) is 5.75 Å². The van der Waals surface area contributed by atoms with E-state index in [1.807, 2.05) is 40.1 Å². The minimum absolute atomic E-state index is 0.0190. The van der Waals surface area contributed by atoms with Gasteiger partial charge in [-0.25, -0.2) is 0 Å². The molecule has 2 aromatic rings. The van der Waals surface area contributed by atoms with Crippen LogP contribution in [0.4, 0.5) is 0 Å². The third kappa shape index (κ3) is 4.94. The number of morpholine rings is 1. The van der Waals surface area contributed by atoms with Crippen molar-refractivity contribution in [3.63, 3.8) is 0 Å². The van der Waals surface area contributed by atoms with Gasteiger partial charge in [0.1, 0.15) is 16.7 Å². The zero-order valence-corrected chi connectivity index (χ0v) is 17.1. The molecule has 0 bridgehead atoms. The van der Waals surface area contributed by atoms with Gasteiger partial charge in [-0.1, -0.05) is 18.2 Å². The second kappa shape index (κ2) is 9.37. The fraction of sp³-hybridized carbons (Fsp3) is 0.476. The van der Waals surface area contributed by atoms with Crippen molar-refractivity contribution in [1.82, 2.24) is 14.8 Å². The van der Waals surface area contributed by atoms with Crippen LogP contribution in [-0.4, -0.2) is 72.1 Å². The number of ether oxygens (including phenoxy) is 2. The minimum atomic E-state index is -0.104. The molecule has 0 unspecified atom stereocenters. The monoisotopic (exact) mass is 415 g/mol. The van der Waals surface area contributed by atoms with Crippen molar-refractivity contribution in [3.05, 3.63) is 46.9 Å². The fourth-order valence-electron chi connectivity index (χ4n) is 3.86. The molecule has 0 radical (unpaired) electrons. The van der Waals surface area contributed by atoms with Crippen molar-refractivity contribution in [2.24, 2.45) is 5.92 Å². The molecule has 2 aliphatic heterocycles. The summed E-state index contributed by atoms with van der Waals surface area (Å²) in [6.07, 6.45) is 2.56. The first kappa shape index (κ1) is 19.8. The van der Waals surface area contributed by atoms with E-state index in [4.69, 9.17) is 9.47 Å². The van der Waals surface area contributed by atoms with Crippen LogP contribution in [0.25, 0.3) is 0 Å². The number of thiazole rings is 1. The van der Waals surface area contributed by atoms with Crippen LogP contribution < -0.4 is 4.74 Å². The van der Waals surface area contributed by atoms with Crippen molar-refractivity contribution in [1.29, 1.82) is 0 Å². The lowest BCUT2D eigenvalue weighted by atomic mass is 9.90. The lowest BCUT2D eigenvalue weighted by Gasteiger charge is -2.39. The number of rotatable bonds is 5. The van der Waals surface area contributed by atoms with Gasteiger partial charge in [0.2, 0.25) is 5.91 Å². The normalized spacial score (nSPS) is 22.3. The molecule has 0 spiro atoms. The maximum absolute atomic E-state index is 12.9. The Morgan fingerprint density at radius 2 is 1.93 bits per heavy atom. The molecule has 154 valence electrons. The van der Waals surface area contributed by atoms with Crippen molar-refractivity contribution in [3.8, 4) is 5.75 Å². The quantitative estimate of drug-likeness (QED) is 0.749. The molecule has 7 nitrogen and oxygen atoms in total. The summed E-state index contributed by atoms with van der Waals surface area (Å²) >= 11 is 1.34. The molecule has 3 heterocycles. The average molecular weight is 416 g/mol. The van der Waals surface area contributed by atoms with Gasteiger partial charge in [-0.2, -0.15) is 0 Å². The van der Waals surface area contributed by atoms with Gasteiger partial charge in [-0.05, 0) is 12.1 Å². The SMILES string of the molecule is O=C(C[C@H]1CN(C(=O)c2cncs2)CC[C@@H]1Oc1ccccc1)N1CCOCC1. The zero-order valence-electron chi connectivity index (χ0n) is 16.2. The number of piperidine rings is 1. The predicted molar refractivity (Wildman–Crippen MR) is 109 cm³/mol. The van der Waals surface area contributed by atoms with Gasteiger partial charge in [0, 0.05) is 44.9 Å². The summed E-state index contributed by atoms with van der Waals surface area (Å²) in [6, 6.07) is 9.67. The van der Waals surface area contributed by atoms with Crippen LogP contribution in [0.3, 0.4) is 0 Å².